The Morgan fingerprint density at radius 3 is 2.36 bits per heavy atom. The Balaban J connectivity index is 1.36. The summed E-state index contributed by atoms with van der Waals surface area (Å²) < 4.78 is 55.2. The van der Waals surface area contributed by atoms with Gasteiger partial charge in [-0.3, -0.25) is 4.79 Å². The van der Waals surface area contributed by atoms with Crippen molar-refractivity contribution in [3.05, 3.63) is 112 Å². The Kier molecular flexibility index (Phi) is 8.59. The lowest BCUT2D eigenvalue weighted by molar-refractivity contribution is -0.137. The van der Waals surface area contributed by atoms with Crippen molar-refractivity contribution in [2.45, 2.75) is 6.18 Å². The molecule has 5 rings (SSSR count). The van der Waals surface area contributed by atoms with Crippen molar-refractivity contribution in [3.8, 4) is 28.4 Å². The zero-order valence-electron chi connectivity index (χ0n) is 23.2. The first kappa shape index (κ1) is 30.2. The van der Waals surface area contributed by atoms with Gasteiger partial charge in [-0.25, -0.2) is 10.2 Å². The van der Waals surface area contributed by atoms with Gasteiger partial charge in [0.05, 0.1) is 37.1 Å². The molecule has 44 heavy (non-hydrogen) atoms. The van der Waals surface area contributed by atoms with Crippen LogP contribution in [0.25, 0.3) is 22.0 Å². The number of nitrogens with one attached hydrogen (secondary N) is 2. The van der Waals surface area contributed by atoms with Crippen LogP contribution >= 0.6 is 11.6 Å². The lowest BCUT2D eigenvalue weighted by Crippen LogP contribution is -2.19. The number of methoxy groups -OCH3 is 2. The number of esters is 1. The van der Waals surface area contributed by atoms with E-state index in [0.29, 0.717) is 39.0 Å². The molecule has 0 unspecified atom stereocenters. The fraction of sp³-hybridized carbons (Fsp3) is 0.0938. The zero-order valence-corrected chi connectivity index (χ0v) is 23.9. The second-order valence-electron chi connectivity index (χ2n) is 9.32. The number of benzene rings is 4. The summed E-state index contributed by atoms with van der Waals surface area (Å²) >= 11 is 6.49. The van der Waals surface area contributed by atoms with Crippen molar-refractivity contribution in [1.82, 2.24) is 10.4 Å². The summed E-state index contributed by atoms with van der Waals surface area (Å²) in [7, 11) is 2.86. The molecule has 1 aromatic heterocycles. The van der Waals surface area contributed by atoms with E-state index in [4.69, 9.17) is 25.8 Å². The van der Waals surface area contributed by atoms with E-state index in [1.54, 1.807) is 24.3 Å². The summed E-state index contributed by atoms with van der Waals surface area (Å²) in [5, 5.41) is 5.24. The van der Waals surface area contributed by atoms with Crippen LogP contribution in [0.1, 0.15) is 32.0 Å². The maximum Gasteiger partial charge on any atom is 0.416 e. The number of rotatable bonds is 8. The van der Waals surface area contributed by atoms with Crippen LogP contribution in [0, 0.1) is 0 Å². The first-order valence-electron chi connectivity index (χ1n) is 12.9. The fourth-order valence-electron chi connectivity index (χ4n) is 4.53. The summed E-state index contributed by atoms with van der Waals surface area (Å²) in [5.74, 6) is -0.906. The average molecular weight is 622 g/mol. The molecule has 0 aliphatic heterocycles. The number of amides is 1. The molecule has 0 bridgehead atoms. The number of carbonyl (C=O) groups is 2. The van der Waals surface area contributed by atoms with Gasteiger partial charge in [-0.1, -0.05) is 48.0 Å². The summed E-state index contributed by atoms with van der Waals surface area (Å²) in [6.07, 6.45) is -3.26. The molecule has 0 aliphatic rings. The highest BCUT2D eigenvalue weighted by Gasteiger charge is 2.31. The quantitative estimate of drug-likeness (QED) is 0.0808. The SMILES string of the molecule is COc1cc(C=NNC(=O)c2[nH]c3c(OC)cccc3c2-c2ccccc2Cl)ccc1OC(=O)c1cccc(C(F)(F)F)c1. The molecule has 0 saturated carbocycles. The molecule has 2 N–H and O–H groups in total. The Hall–Kier alpha value is -5.29. The number of H-pyrrole nitrogens is 1. The molecule has 5 aromatic rings. The van der Waals surface area contributed by atoms with E-state index in [1.807, 2.05) is 18.2 Å². The van der Waals surface area contributed by atoms with Crippen LogP contribution in [0.4, 0.5) is 13.2 Å². The van der Waals surface area contributed by atoms with Crippen LogP contribution in [0.2, 0.25) is 5.02 Å². The third-order valence-corrected chi connectivity index (χ3v) is 6.91. The fourth-order valence-corrected chi connectivity index (χ4v) is 4.76. The van der Waals surface area contributed by atoms with E-state index >= 15 is 0 Å². The molecule has 1 amide bonds. The van der Waals surface area contributed by atoms with E-state index in [9.17, 15) is 22.8 Å². The zero-order chi connectivity index (χ0) is 31.4. The summed E-state index contributed by atoms with van der Waals surface area (Å²) in [5.41, 5.74) is 3.75. The number of alkyl halides is 3. The Morgan fingerprint density at radius 2 is 1.64 bits per heavy atom. The Labute approximate surface area is 254 Å². The topological polar surface area (TPSA) is 102 Å². The number of aromatic nitrogens is 1. The van der Waals surface area contributed by atoms with Crippen molar-refractivity contribution in [3.63, 3.8) is 0 Å². The number of fused-ring (bicyclic) bond motifs is 1. The van der Waals surface area contributed by atoms with Crippen LogP contribution in [-0.4, -0.2) is 37.3 Å². The standard InChI is InChI=1S/C32H23ClF3N3O5/c1-42-25-12-6-10-22-27(21-9-3-4-11-23(21)33)29(38-28(22)25)30(40)39-37-17-18-13-14-24(26(15-18)43-2)44-31(41)19-7-5-8-20(16-19)32(34,35)36/h3-17,38H,1-2H3,(H,39,40). The van der Waals surface area contributed by atoms with Crippen LogP contribution < -0.4 is 19.6 Å². The van der Waals surface area contributed by atoms with E-state index in [2.05, 4.69) is 15.5 Å². The largest absolute Gasteiger partial charge is 0.495 e. The van der Waals surface area contributed by atoms with Crippen molar-refractivity contribution in [2.24, 2.45) is 5.10 Å². The molecule has 0 radical (unpaired) electrons. The van der Waals surface area contributed by atoms with Crippen molar-refractivity contribution >= 4 is 40.6 Å². The van der Waals surface area contributed by atoms with Crippen LogP contribution in [-0.2, 0) is 6.18 Å². The molecule has 224 valence electrons. The molecule has 4 aromatic carbocycles. The van der Waals surface area contributed by atoms with E-state index in [0.717, 1.165) is 17.5 Å². The van der Waals surface area contributed by atoms with Gasteiger partial charge >= 0.3 is 12.1 Å². The molecule has 12 heteroatoms. The van der Waals surface area contributed by atoms with Gasteiger partial charge in [0.1, 0.15) is 11.4 Å². The predicted molar refractivity (Wildman–Crippen MR) is 160 cm³/mol. The van der Waals surface area contributed by atoms with Gasteiger partial charge in [0.15, 0.2) is 11.5 Å². The highest BCUT2D eigenvalue weighted by Crippen LogP contribution is 2.39. The highest BCUT2D eigenvalue weighted by molar-refractivity contribution is 6.34. The van der Waals surface area contributed by atoms with Gasteiger partial charge in [-0.15, -0.1) is 0 Å². The molecule has 0 saturated heterocycles. The number of halogens is 4. The minimum Gasteiger partial charge on any atom is -0.495 e. The number of hydrogen-bond donors (Lipinski definition) is 2. The van der Waals surface area contributed by atoms with Crippen LogP contribution in [0.15, 0.2) is 90.0 Å². The summed E-state index contributed by atoms with van der Waals surface area (Å²) in [4.78, 5) is 29.0. The second-order valence-corrected chi connectivity index (χ2v) is 9.72. The maximum absolute atomic E-state index is 13.3. The molecular formula is C32H23ClF3N3O5. The van der Waals surface area contributed by atoms with E-state index in [-0.39, 0.29) is 22.8 Å². The van der Waals surface area contributed by atoms with Gasteiger partial charge < -0.3 is 19.2 Å². The molecule has 1 heterocycles. The maximum atomic E-state index is 13.3. The van der Waals surface area contributed by atoms with Gasteiger partial charge in [-0.2, -0.15) is 18.3 Å². The number of hydrogen-bond acceptors (Lipinski definition) is 6. The van der Waals surface area contributed by atoms with Crippen molar-refractivity contribution in [1.29, 1.82) is 0 Å². The van der Waals surface area contributed by atoms with Gasteiger partial charge in [0.2, 0.25) is 0 Å². The number of hydrazone groups is 1. The molecule has 0 fully saturated rings. The van der Waals surface area contributed by atoms with Crippen molar-refractivity contribution in [2.75, 3.05) is 14.2 Å². The first-order valence-corrected chi connectivity index (χ1v) is 13.3. The molecule has 0 spiro atoms. The average Bonchev–Trinajstić information content (AvgIpc) is 3.41. The molecule has 8 nitrogen and oxygen atoms in total. The predicted octanol–water partition coefficient (Wildman–Crippen LogP) is 7.51. The molecule has 0 aliphatic carbocycles. The highest BCUT2D eigenvalue weighted by atomic mass is 35.5. The van der Waals surface area contributed by atoms with Crippen LogP contribution in [0.3, 0.4) is 0 Å². The summed E-state index contributed by atoms with van der Waals surface area (Å²) in [6, 6.07) is 20.9. The molecule has 0 atom stereocenters. The lowest BCUT2D eigenvalue weighted by Gasteiger charge is -2.11. The Morgan fingerprint density at radius 1 is 0.886 bits per heavy atom. The minimum absolute atomic E-state index is 0.0208. The van der Waals surface area contributed by atoms with E-state index in [1.165, 1.54) is 44.7 Å². The number of para-hydroxylation sites is 1. The number of carbonyl (C=O) groups excluding carboxylic acids is 2. The first-order chi connectivity index (χ1) is 21.1. The number of aromatic amines is 1. The van der Waals surface area contributed by atoms with Crippen molar-refractivity contribution < 1.29 is 37.0 Å². The Bertz CT molecular complexity index is 1900. The number of ether oxygens (including phenoxy) is 3. The lowest BCUT2D eigenvalue weighted by atomic mass is 10.0. The van der Waals surface area contributed by atoms with Crippen LogP contribution in [0.5, 0.6) is 17.2 Å². The number of nitrogens with zero attached hydrogens (tertiary/aromatic N) is 1. The van der Waals surface area contributed by atoms with Gasteiger partial charge in [-0.05, 0) is 54.1 Å². The third-order valence-electron chi connectivity index (χ3n) is 6.58. The minimum atomic E-state index is -4.61. The monoisotopic (exact) mass is 621 g/mol. The van der Waals surface area contributed by atoms with Gasteiger partial charge in [0, 0.05) is 21.5 Å². The third kappa shape index (κ3) is 6.23. The van der Waals surface area contributed by atoms with Gasteiger partial charge in [0.25, 0.3) is 5.91 Å². The second kappa shape index (κ2) is 12.5. The smallest absolute Gasteiger partial charge is 0.416 e. The van der Waals surface area contributed by atoms with E-state index < -0.39 is 23.6 Å². The summed E-state index contributed by atoms with van der Waals surface area (Å²) in [6.45, 7) is 0. The normalized spacial score (nSPS) is 11.5. The molecular weight excluding hydrogens is 599 g/mol.